The molecule has 1 unspecified atom stereocenters. The number of hydrogen-bond acceptors (Lipinski definition) is 2. The molecule has 1 aromatic carbocycles. The molecule has 3 rings (SSSR count). The quantitative estimate of drug-likeness (QED) is 0.672. The molecule has 3 nitrogen and oxygen atoms in total. The lowest BCUT2D eigenvalue weighted by Crippen LogP contribution is -2.39. The summed E-state index contributed by atoms with van der Waals surface area (Å²) in [4.78, 5) is 10.9. The van der Waals surface area contributed by atoms with Crippen molar-refractivity contribution >= 4 is 6.08 Å². The Morgan fingerprint density at radius 3 is 2.81 bits per heavy atom. The average molecular weight is 366 g/mol. The first-order chi connectivity index (χ1) is 13.1. The zero-order chi connectivity index (χ0) is 19.2. The summed E-state index contributed by atoms with van der Waals surface area (Å²) >= 11 is 0. The molecule has 1 aliphatic heterocycles. The van der Waals surface area contributed by atoms with E-state index in [1.165, 1.54) is 60.3 Å². The predicted octanol–water partition coefficient (Wildman–Crippen LogP) is 5.47. The Morgan fingerprint density at radius 2 is 2.11 bits per heavy atom. The highest BCUT2D eigenvalue weighted by molar-refractivity contribution is 5.52. The molecule has 1 fully saturated rings. The van der Waals surface area contributed by atoms with E-state index >= 15 is 0 Å². The smallest absolute Gasteiger partial charge is 0.106 e. The van der Waals surface area contributed by atoms with Gasteiger partial charge in [0.15, 0.2) is 0 Å². The van der Waals surface area contributed by atoms with Crippen LogP contribution in [-0.2, 0) is 25.8 Å². The summed E-state index contributed by atoms with van der Waals surface area (Å²) in [6.45, 7) is 12.7. The molecule has 0 radical (unpaired) electrons. The maximum Gasteiger partial charge on any atom is 0.106 e. The topological polar surface area (TPSA) is 31.9 Å². The Kier molecular flexibility index (Phi) is 6.89. The molecule has 0 spiro atoms. The molecule has 0 saturated carbocycles. The maximum absolute atomic E-state index is 4.81. The van der Waals surface area contributed by atoms with E-state index in [-0.39, 0.29) is 0 Å². The zero-order valence-corrected chi connectivity index (χ0v) is 17.4. The molecular formula is C24H35N3. The van der Waals surface area contributed by atoms with Crippen molar-refractivity contribution < 1.29 is 0 Å². The number of aryl methyl sites for hydroxylation is 4. The van der Waals surface area contributed by atoms with Crippen molar-refractivity contribution in [2.75, 3.05) is 6.54 Å². The third-order valence-corrected chi connectivity index (χ3v) is 6.05. The van der Waals surface area contributed by atoms with Gasteiger partial charge in [-0.25, -0.2) is 4.98 Å². The monoisotopic (exact) mass is 365 g/mol. The van der Waals surface area contributed by atoms with Crippen LogP contribution in [0, 0.1) is 6.92 Å². The van der Waals surface area contributed by atoms with Gasteiger partial charge in [-0.2, -0.15) is 0 Å². The van der Waals surface area contributed by atoms with Crippen LogP contribution in [0.1, 0.15) is 73.4 Å². The fourth-order valence-corrected chi connectivity index (χ4v) is 4.33. The van der Waals surface area contributed by atoms with Gasteiger partial charge in [-0.3, -0.25) is 4.90 Å². The van der Waals surface area contributed by atoms with Gasteiger partial charge in [-0.15, -0.1) is 0 Å². The Balaban J connectivity index is 1.65. The number of H-pyrrole nitrogens is 1. The van der Waals surface area contributed by atoms with E-state index in [0.717, 1.165) is 31.6 Å². The van der Waals surface area contributed by atoms with Crippen LogP contribution in [-0.4, -0.2) is 27.5 Å². The number of benzene rings is 1. The van der Waals surface area contributed by atoms with Crippen LogP contribution in [0.5, 0.6) is 0 Å². The van der Waals surface area contributed by atoms with Gasteiger partial charge >= 0.3 is 0 Å². The number of nitrogens with one attached hydrogen (secondary N) is 1. The van der Waals surface area contributed by atoms with E-state index in [2.05, 4.69) is 55.4 Å². The number of nitrogens with zero attached hydrogens (tertiary/aromatic N) is 2. The Labute approximate surface area is 164 Å². The molecule has 1 aliphatic rings. The molecule has 2 heterocycles. The third-order valence-electron chi connectivity index (χ3n) is 6.05. The second-order valence-electron chi connectivity index (χ2n) is 7.86. The second kappa shape index (κ2) is 9.36. The minimum atomic E-state index is 0.670. The number of likely N-dealkylation sites (tertiary alicyclic amines) is 1. The van der Waals surface area contributed by atoms with Crippen LogP contribution in [0.25, 0.3) is 6.08 Å². The van der Waals surface area contributed by atoms with Gasteiger partial charge < -0.3 is 4.98 Å². The molecule has 1 aromatic heterocycles. The fourth-order valence-electron chi connectivity index (χ4n) is 4.33. The first-order valence-electron chi connectivity index (χ1n) is 10.7. The molecule has 0 bridgehead atoms. The van der Waals surface area contributed by atoms with Crippen molar-refractivity contribution in [1.82, 2.24) is 14.9 Å². The van der Waals surface area contributed by atoms with Crippen molar-refractivity contribution in [3.05, 3.63) is 58.7 Å². The summed E-state index contributed by atoms with van der Waals surface area (Å²) in [6.07, 6.45) is 10.4. The standard InChI is InChI=1S/C24H35N3/c1-5-20-13-11-19(16-21(20)6-2)12-14-22-10-8-9-15-27(22)17-23-18(4)25-24(7-3)26-23/h5,11,13,16,22H,1,6-10,12,14-15,17H2,2-4H3,(H,25,26). The lowest BCUT2D eigenvalue weighted by atomic mass is 9.94. The SMILES string of the molecule is C=Cc1ccc(CCC2CCCCN2Cc2nc(CC)[nH]c2C)cc1CC. The highest BCUT2D eigenvalue weighted by Crippen LogP contribution is 2.25. The zero-order valence-electron chi connectivity index (χ0n) is 17.4. The van der Waals surface area contributed by atoms with Gasteiger partial charge in [0, 0.05) is 24.7 Å². The first-order valence-corrected chi connectivity index (χ1v) is 10.7. The van der Waals surface area contributed by atoms with Gasteiger partial charge in [0.1, 0.15) is 5.82 Å². The van der Waals surface area contributed by atoms with Crippen molar-refractivity contribution in [3.63, 3.8) is 0 Å². The molecule has 1 atom stereocenters. The van der Waals surface area contributed by atoms with E-state index in [1.54, 1.807) is 0 Å². The van der Waals surface area contributed by atoms with E-state index in [1.807, 2.05) is 6.08 Å². The van der Waals surface area contributed by atoms with Gasteiger partial charge in [-0.1, -0.05) is 51.1 Å². The molecule has 3 heteroatoms. The molecule has 2 aromatic rings. The lowest BCUT2D eigenvalue weighted by molar-refractivity contribution is 0.130. The molecule has 1 saturated heterocycles. The van der Waals surface area contributed by atoms with Crippen molar-refractivity contribution in [1.29, 1.82) is 0 Å². The summed E-state index contributed by atoms with van der Waals surface area (Å²) in [5.74, 6) is 1.12. The van der Waals surface area contributed by atoms with E-state index in [9.17, 15) is 0 Å². The Hall–Kier alpha value is -1.87. The second-order valence-corrected chi connectivity index (χ2v) is 7.86. The summed E-state index contributed by atoms with van der Waals surface area (Å²) in [6, 6.07) is 7.58. The largest absolute Gasteiger partial charge is 0.346 e. The minimum absolute atomic E-state index is 0.670. The van der Waals surface area contributed by atoms with E-state index in [4.69, 9.17) is 4.98 Å². The number of aromatic nitrogens is 2. The summed E-state index contributed by atoms with van der Waals surface area (Å²) in [7, 11) is 0. The van der Waals surface area contributed by atoms with Crippen LogP contribution < -0.4 is 0 Å². The summed E-state index contributed by atoms with van der Waals surface area (Å²) in [5, 5.41) is 0. The molecule has 0 aliphatic carbocycles. The van der Waals surface area contributed by atoms with Gasteiger partial charge in [-0.05, 0) is 62.3 Å². The molecular weight excluding hydrogens is 330 g/mol. The molecule has 146 valence electrons. The summed E-state index contributed by atoms with van der Waals surface area (Å²) in [5.41, 5.74) is 6.64. The van der Waals surface area contributed by atoms with Crippen LogP contribution in [0.4, 0.5) is 0 Å². The van der Waals surface area contributed by atoms with Crippen LogP contribution in [0.3, 0.4) is 0 Å². The minimum Gasteiger partial charge on any atom is -0.346 e. The van der Waals surface area contributed by atoms with E-state index < -0.39 is 0 Å². The predicted molar refractivity (Wildman–Crippen MR) is 115 cm³/mol. The highest BCUT2D eigenvalue weighted by atomic mass is 15.2. The number of imidazole rings is 1. The third kappa shape index (κ3) is 4.90. The number of piperidine rings is 1. The average Bonchev–Trinajstić information content (AvgIpc) is 3.06. The highest BCUT2D eigenvalue weighted by Gasteiger charge is 2.23. The normalized spacial score (nSPS) is 18.0. The Bertz CT molecular complexity index is 759. The summed E-state index contributed by atoms with van der Waals surface area (Å²) < 4.78 is 0. The number of hydrogen-bond donors (Lipinski definition) is 1. The fraction of sp³-hybridized carbons (Fsp3) is 0.542. The van der Waals surface area contributed by atoms with Crippen molar-refractivity contribution in [3.8, 4) is 0 Å². The maximum atomic E-state index is 4.81. The van der Waals surface area contributed by atoms with Crippen LogP contribution in [0.2, 0.25) is 0 Å². The molecule has 0 amide bonds. The van der Waals surface area contributed by atoms with Crippen molar-refractivity contribution in [2.45, 2.75) is 78.3 Å². The lowest BCUT2D eigenvalue weighted by Gasteiger charge is -2.35. The van der Waals surface area contributed by atoms with E-state index in [0.29, 0.717) is 6.04 Å². The Morgan fingerprint density at radius 1 is 1.26 bits per heavy atom. The molecule has 27 heavy (non-hydrogen) atoms. The number of rotatable bonds is 8. The van der Waals surface area contributed by atoms with Crippen LogP contribution >= 0.6 is 0 Å². The van der Waals surface area contributed by atoms with Crippen molar-refractivity contribution in [2.24, 2.45) is 0 Å². The number of aromatic amines is 1. The molecule has 1 N–H and O–H groups in total. The first kappa shape index (κ1) is 19.9. The van der Waals surface area contributed by atoms with Gasteiger partial charge in [0.05, 0.1) is 5.69 Å². The van der Waals surface area contributed by atoms with Crippen LogP contribution in [0.15, 0.2) is 24.8 Å². The van der Waals surface area contributed by atoms with Gasteiger partial charge in [0.25, 0.3) is 0 Å². The van der Waals surface area contributed by atoms with Gasteiger partial charge in [0.2, 0.25) is 0 Å².